The lowest BCUT2D eigenvalue weighted by atomic mass is 10.0. The van der Waals surface area contributed by atoms with Crippen molar-refractivity contribution in [2.75, 3.05) is 40.9 Å². The number of carbonyl (C=O) groups is 1. The standard InChI is InChI=1S/C47H91N2O6P/c1-6-8-10-11-12-13-14-15-16-17-18-19-20-21-22-23-24-25-26-27-28-29-30-31-32-33-34-35-36-37-39-41-47(51)48-45(46(50)40-38-9-7-2)44-55-56(52,53)54-43-42-49(3,4)5/h14-15,17-18,38,40,45-46,50H,6-13,16,19-37,39,41-44H2,1-5H3,(H-,48,51,52,53)/b15-14-,18-17-,40-38+. The predicted octanol–water partition coefficient (Wildman–Crippen LogP) is 12.5. The summed E-state index contributed by atoms with van der Waals surface area (Å²) in [7, 11) is 1.26. The van der Waals surface area contributed by atoms with Crippen LogP contribution in [0, 0.1) is 0 Å². The Morgan fingerprint density at radius 1 is 0.625 bits per heavy atom. The molecule has 0 aliphatic carbocycles. The van der Waals surface area contributed by atoms with E-state index in [9.17, 15) is 19.4 Å². The van der Waals surface area contributed by atoms with Crippen LogP contribution in [0.25, 0.3) is 0 Å². The maximum Gasteiger partial charge on any atom is 0.268 e. The van der Waals surface area contributed by atoms with Crippen molar-refractivity contribution in [3.8, 4) is 0 Å². The first-order valence-electron chi connectivity index (χ1n) is 23.4. The topological polar surface area (TPSA) is 108 Å². The molecule has 0 rings (SSSR count). The van der Waals surface area contributed by atoms with E-state index in [0.29, 0.717) is 17.4 Å². The lowest BCUT2D eigenvalue weighted by molar-refractivity contribution is -0.870. The van der Waals surface area contributed by atoms with Crippen molar-refractivity contribution in [1.82, 2.24) is 5.32 Å². The zero-order chi connectivity index (χ0) is 41.4. The molecule has 0 radical (unpaired) electrons. The van der Waals surface area contributed by atoms with Gasteiger partial charge in [0.25, 0.3) is 7.82 Å². The zero-order valence-corrected chi connectivity index (χ0v) is 38.2. The number of quaternary nitrogens is 1. The lowest BCUT2D eigenvalue weighted by Gasteiger charge is -2.29. The molecule has 0 aliphatic rings. The number of phosphoric acid groups is 1. The fourth-order valence-electron chi connectivity index (χ4n) is 6.60. The fraction of sp³-hybridized carbons (Fsp3) is 0.851. The number of carbonyl (C=O) groups excluding carboxylic acids is 1. The Hall–Kier alpha value is -1.28. The normalized spacial score (nSPS) is 14.6. The highest BCUT2D eigenvalue weighted by Gasteiger charge is 2.23. The molecule has 0 heterocycles. The van der Waals surface area contributed by atoms with Gasteiger partial charge in [0.1, 0.15) is 13.2 Å². The Morgan fingerprint density at radius 3 is 1.52 bits per heavy atom. The van der Waals surface area contributed by atoms with Crippen LogP contribution in [0.5, 0.6) is 0 Å². The first kappa shape index (κ1) is 54.7. The average molecular weight is 811 g/mol. The van der Waals surface area contributed by atoms with Crippen LogP contribution in [0.3, 0.4) is 0 Å². The number of phosphoric ester groups is 1. The highest BCUT2D eigenvalue weighted by molar-refractivity contribution is 7.45. The molecule has 330 valence electrons. The summed E-state index contributed by atoms with van der Waals surface area (Å²) in [5.74, 6) is -0.208. The van der Waals surface area contributed by atoms with Gasteiger partial charge in [-0.25, -0.2) is 0 Å². The predicted molar refractivity (Wildman–Crippen MR) is 238 cm³/mol. The van der Waals surface area contributed by atoms with Crippen LogP contribution in [-0.2, 0) is 18.4 Å². The smallest absolute Gasteiger partial charge is 0.268 e. The van der Waals surface area contributed by atoms with Gasteiger partial charge in [0.2, 0.25) is 5.91 Å². The molecule has 8 nitrogen and oxygen atoms in total. The quantitative estimate of drug-likeness (QED) is 0.0275. The van der Waals surface area contributed by atoms with Crippen molar-refractivity contribution in [1.29, 1.82) is 0 Å². The maximum absolute atomic E-state index is 12.7. The van der Waals surface area contributed by atoms with E-state index in [0.717, 1.165) is 38.5 Å². The number of allylic oxidation sites excluding steroid dienone is 5. The summed E-state index contributed by atoms with van der Waals surface area (Å²) in [5.41, 5.74) is 0. The molecule has 0 fully saturated rings. The van der Waals surface area contributed by atoms with Crippen molar-refractivity contribution in [3.05, 3.63) is 36.5 Å². The monoisotopic (exact) mass is 811 g/mol. The van der Waals surface area contributed by atoms with Crippen molar-refractivity contribution >= 4 is 13.7 Å². The van der Waals surface area contributed by atoms with Crippen molar-refractivity contribution in [2.45, 2.75) is 219 Å². The van der Waals surface area contributed by atoms with Crippen LogP contribution in [0.2, 0.25) is 0 Å². The minimum absolute atomic E-state index is 0.00201. The van der Waals surface area contributed by atoms with Gasteiger partial charge in [0, 0.05) is 6.42 Å². The van der Waals surface area contributed by atoms with Crippen molar-refractivity contribution < 1.29 is 32.9 Å². The minimum atomic E-state index is -4.56. The molecule has 2 N–H and O–H groups in total. The van der Waals surface area contributed by atoms with Crippen LogP contribution < -0.4 is 10.2 Å². The third-order valence-electron chi connectivity index (χ3n) is 10.3. The van der Waals surface area contributed by atoms with Crippen LogP contribution in [0.4, 0.5) is 0 Å². The van der Waals surface area contributed by atoms with Gasteiger partial charge in [0.15, 0.2) is 0 Å². The van der Waals surface area contributed by atoms with Gasteiger partial charge < -0.3 is 28.8 Å². The lowest BCUT2D eigenvalue weighted by Crippen LogP contribution is -2.45. The van der Waals surface area contributed by atoms with Crippen LogP contribution in [0.1, 0.15) is 206 Å². The van der Waals surface area contributed by atoms with Crippen molar-refractivity contribution in [3.63, 3.8) is 0 Å². The molecule has 0 spiro atoms. The molecule has 0 saturated carbocycles. The molecule has 0 saturated heterocycles. The summed E-state index contributed by atoms with van der Waals surface area (Å²) in [5, 5.41) is 13.4. The number of hydrogen-bond acceptors (Lipinski definition) is 6. The molecule has 3 unspecified atom stereocenters. The van der Waals surface area contributed by atoms with Gasteiger partial charge in [-0.05, 0) is 44.9 Å². The molecule has 0 aromatic rings. The van der Waals surface area contributed by atoms with E-state index in [1.165, 1.54) is 148 Å². The Kier molecular flexibility index (Phi) is 38.3. The molecule has 0 aliphatic heterocycles. The second-order valence-electron chi connectivity index (χ2n) is 17.1. The van der Waals surface area contributed by atoms with E-state index >= 15 is 0 Å². The van der Waals surface area contributed by atoms with Gasteiger partial charge >= 0.3 is 0 Å². The van der Waals surface area contributed by atoms with Crippen LogP contribution >= 0.6 is 7.82 Å². The molecule has 9 heteroatoms. The fourth-order valence-corrected chi connectivity index (χ4v) is 7.32. The van der Waals surface area contributed by atoms with E-state index in [4.69, 9.17) is 9.05 Å². The third kappa shape index (κ3) is 40.9. The highest BCUT2D eigenvalue weighted by atomic mass is 31.2. The Labute approximate surface area is 347 Å². The summed E-state index contributed by atoms with van der Waals surface area (Å²) in [6.07, 6.45) is 48.8. The number of unbranched alkanes of at least 4 members (excludes halogenated alkanes) is 25. The largest absolute Gasteiger partial charge is 0.756 e. The van der Waals surface area contributed by atoms with Gasteiger partial charge in [-0.3, -0.25) is 9.36 Å². The summed E-state index contributed by atoms with van der Waals surface area (Å²) in [4.78, 5) is 24.9. The third-order valence-corrected chi connectivity index (χ3v) is 11.3. The Balaban J connectivity index is 3.74. The number of aliphatic hydroxyl groups excluding tert-OH is 1. The summed E-state index contributed by atoms with van der Waals surface area (Å²) < 4.78 is 22.9. The SMILES string of the molecule is CCC/C=C/C(O)C(COP(=O)([O-])OCC[N+](C)(C)C)NC(=O)CCCCCCCCCCCCCCCCCCCCC/C=C\C/C=C\CCCCCCC. The van der Waals surface area contributed by atoms with Gasteiger partial charge in [0.05, 0.1) is 39.9 Å². The van der Waals surface area contributed by atoms with Crippen molar-refractivity contribution in [2.24, 2.45) is 0 Å². The van der Waals surface area contributed by atoms with E-state index in [2.05, 4.69) is 36.5 Å². The van der Waals surface area contributed by atoms with Crippen LogP contribution in [0.15, 0.2) is 36.5 Å². The maximum atomic E-state index is 12.7. The molecule has 0 bridgehead atoms. The molecular weight excluding hydrogens is 719 g/mol. The molecule has 0 aromatic heterocycles. The minimum Gasteiger partial charge on any atom is -0.756 e. The van der Waals surface area contributed by atoms with Gasteiger partial charge in [-0.2, -0.15) is 0 Å². The number of aliphatic hydroxyl groups is 1. The Bertz CT molecular complexity index is 1010. The second kappa shape index (κ2) is 39.2. The summed E-state index contributed by atoms with van der Waals surface area (Å²) >= 11 is 0. The average Bonchev–Trinajstić information content (AvgIpc) is 3.15. The molecular formula is C47H91N2O6P. The van der Waals surface area contributed by atoms with Gasteiger partial charge in [-0.1, -0.05) is 192 Å². The number of likely N-dealkylation sites (N-methyl/N-ethyl adjacent to an activating group) is 1. The number of nitrogens with one attached hydrogen (secondary N) is 1. The molecule has 0 aromatic carbocycles. The van der Waals surface area contributed by atoms with E-state index in [1.54, 1.807) is 6.08 Å². The number of hydrogen-bond donors (Lipinski definition) is 2. The van der Waals surface area contributed by atoms with Gasteiger partial charge in [-0.15, -0.1) is 0 Å². The summed E-state index contributed by atoms with van der Waals surface area (Å²) in [6, 6.07) is -0.879. The molecule has 1 amide bonds. The number of amides is 1. The zero-order valence-electron chi connectivity index (χ0n) is 37.3. The van der Waals surface area contributed by atoms with E-state index in [-0.39, 0.29) is 19.1 Å². The Morgan fingerprint density at radius 2 is 1.07 bits per heavy atom. The second-order valence-corrected chi connectivity index (χ2v) is 18.5. The van der Waals surface area contributed by atoms with E-state index in [1.807, 2.05) is 34.1 Å². The summed E-state index contributed by atoms with van der Waals surface area (Å²) in [6.45, 7) is 4.42. The van der Waals surface area contributed by atoms with Crippen LogP contribution in [-0.4, -0.2) is 68.5 Å². The van der Waals surface area contributed by atoms with E-state index < -0.39 is 20.0 Å². The number of rotatable bonds is 42. The number of nitrogens with zero attached hydrogens (tertiary/aromatic N) is 1. The highest BCUT2D eigenvalue weighted by Crippen LogP contribution is 2.38. The first-order chi connectivity index (χ1) is 27.0. The molecule has 3 atom stereocenters. The molecule has 56 heavy (non-hydrogen) atoms. The first-order valence-corrected chi connectivity index (χ1v) is 24.8.